The standard InChI is InChI=1S/C33H43ClN2O7/c1-6-16(21-8-15(3)32(21,4)5)13-36(7-2)14-18-11-22(37)25-20(27(18)34)10-17-9-19-12-23(38)26(31(35)42)30(41)33(19,43)29(40)24(17)28(25)39/h11,15-17,19,21,37-38,40,43H,6-10,12-14H2,1-5H3,(H2,35,42)/t15?,16-,17?,19+,21?,33+/m1/s1. The number of hydrogen-bond acceptors (Lipinski definition) is 8. The van der Waals surface area contributed by atoms with Crippen LogP contribution in [-0.4, -0.2) is 61.5 Å². The first-order chi connectivity index (χ1) is 20.1. The molecule has 3 unspecified atom stereocenters. The molecule has 6 N–H and O–H groups in total. The molecule has 1 fully saturated rings. The van der Waals surface area contributed by atoms with Crippen LogP contribution in [0.4, 0.5) is 0 Å². The van der Waals surface area contributed by atoms with Crippen LogP contribution in [0, 0.1) is 35.0 Å². The van der Waals surface area contributed by atoms with Crippen LogP contribution in [0.15, 0.2) is 28.7 Å². The predicted octanol–water partition coefficient (Wildman–Crippen LogP) is 4.76. The van der Waals surface area contributed by atoms with Crippen LogP contribution in [0.1, 0.15) is 81.8 Å². The van der Waals surface area contributed by atoms with E-state index < -0.39 is 52.0 Å². The van der Waals surface area contributed by atoms with Crippen LogP contribution in [0.25, 0.3) is 0 Å². The minimum Gasteiger partial charge on any atom is -0.511 e. The average Bonchev–Trinajstić information content (AvgIpc) is 2.94. The Labute approximate surface area is 257 Å². The van der Waals surface area contributed by atoms with E-state index in [4.69, 9.17) is 17.3 Å². The number of halogens is 1. The van der Waals surface area contributed by atoms with Gasteiger partial charge in [-0.3, -0.25) is 19.3 Å². The van der Waals surface area contributed by atoms with E-state index in [0.717, 1.165) is 19.5 Å². The maximum Gasteiger partial charge on any atom is 0.255 e. The Morgan fingerprint density at radius 2 is 1.84 bits per heavy atom. The lowest BCUT2D eigenvalue weighted by Crippen LogP contribution is -2.57. The lowest BCUT2D eigenvalue weighted by Gasteiger charge is -2.55. The number of aromatic hydroxyl groups is 1. The van der Waals surface area contributed by atoms with Crippen molar-refractivity contribution in [3.63, 3.8) is 0 Å². The Bertz CT molecular complexity index is 1460. The van der Waals surface area contributed by atoms with Gasteiger partial charge in [-0.1, -0.05) is 52.6 Å². The van der Waals surface area contributed by atoms with E-state index in [2.05, 4.69) is 39.5 Å². The third-order valence-electron chi connectivity index (χ3n) is 11.3. The minimum atomic E-state index is -2.58. The number of fused-ring (bicyclic) bond motifs is 3. The summed E-state index contributed by atoms with van der Waals surface area (Å²) >= 11 is 6.96. The van der Waals surface area contributed by atoms with Crippen molar-refractivity contribution in [2.45, 2.75) is 78.9 Å². The third kappa shape index (κ3) is 4.70. The molecule has 5 rings (SSSR count). The van der Waals surface area contributed by atoms with Gasteiger partial charge in [0.25, 0.3) is 5.91 Å². The second kappa shape index (κ2) is 10.9. The number of nitrogens with zero attached hydrogens (tertiary/aromatic N) is 1. The molecule has 0 radical (unpaired) electrons. The van der Waals surface area contributed by atoms with E-state index in [-0.39, 0.29) is 36.1 Å². The second-order valence-electron chi connectivity index (χ2n) is 13.7. The highest BCUT2D eigenvalue weighted by Crippen LogP contribution is 2.55. The number of Topliss-reactive ketones (excluding diaryl/α,β-unsaturated/α-hetero) is 2. The summed E-state index contributed by atoms with van der Waals surface area (Å²) in [6, 6.07) is 1.49. The lowest BCUT2D eigenvalue weighted by molar-refractivity contribution is -0.144. The summed E-state index contributed by atoms with van der Waals surface area (Å²) in [5, 5.41) is 44.5. The summed E-state index contributed by atoms with van der Waals surface area (Å²) in [6.45, 7) is 13.5. The molecule has 0 bridgehead atoms. The second-order valence-corrected chi connectivity index (χ2v) is 14.1. The molecule has 43 heavy (non-hydrogen) atoms. The van der Waals surface area contributed by atoms with Crippen molar-refractivity contribution in [3.05, 3.63) is 50.4 Å². The number of primary amides is 1. The largest absolute Gasteiger partial charge is 0.511 e. The van der Waals surface area contributed by atoms with Gasteiger partial charge in [0.1, 0.15) is 22.8 Å². The molecule has 0 saturated heterocycles. The van der Waals surface area contributed by atoms with Crippen molar-refractivity contribution in [3.8, 4) is 5.75 Å². The molecule has 234 valence electrons. The number of amides is 1. The number of rotatable bonds is 8. The summed E-state index contributed by atoms with van der Waals surface area (Å²) < 4.78 is 0. The number of benzene rings is 1. The van der Waals surface area contributed by atoms with Gasteiger partial charge in [-0.05, 0) is 72.1 Å². The van der Waals surface area contributed by atoms with Crippen LogP contribution in [0.2, 0.25) is 5.02 Å². The SMILES string of the molecule is CC[C@H](CN(CC)Cc1cc(O)c2c(c1Cl)CC1C[C@H]3CC(O)=C(C(N)=O)C(=O)[C@@]3(O)C(O)=C1C2=O)C1CC(C)C1(C)C. The molecule has 9 nitrogen and oxygen atoms in total. The number of phenolic OH excluding ortho intramolecular Hbond substituents is 1. The number of aliphatic hydroxyl groups excluding tert-OH is 2. The molecule has 1 aromatic rings. The van der Waals surface area contributed by atoms with Gasteiger partial charge in [-0.15, -0.1) is 0 Å². The smallest absolute Gasteiger partial charge is 0.255 e. The van der Waals surface area contributed by atoms with Crippen molar-refractivity contribution >= 4 is 29.1 Å². The number of aliphatic hydroxyl groups is 3. The summed E-state index contributed by atoms with van der Waals surface area (Å²) in [5.41, 5.74) is 3.09. The Kier molecular flexibility index (Phi) is 8.02. The number of phenols is 1. The van der Waals surface area contributed by atoms with Crippen LogP contribution < -0.4 is 5.73 Å². The Hall–Kier alpha value is -2.88. The van der Waals surface area contributed by atoms with Gasteiger partial charge >= 0.3 is 0 Å². The van der Waals surface area contributed by atoms with Gasteiger partial charge in [0.15, 0.2) is 11.4 Å². The van der Waals surface area contributed by atoms with Crippen molar-refractivity contribution in [2.24, 2.45) is 40.7 Å². The number of carbonyl (C=O) groups excluding carboxylic acids is 3. The van der Waals surface area contributed by atoms with Gasteiger partial charge in [0.2, 0.25) is 5.78 Å². The van der Waals surface area contributed by atoms with Crippen molar-refractivity contribution < 1.29 is 34.8 Å². The van der Waals surface area contributed by atoms with E-state index in [9.17, 15) is 34.8 Å². The maximum absolute atomic E-state index is 13.8. The monoisotopic (exact) mass is 614 g/mol. The van der Waals surface area contributed by atoms with Gasteiger partial charge in [0, 0.05) is 36.0 Å². The van der Waals surface area contributed by atoms with E-state index >= 15 is 0 Å². The molecule has 4 aliphatic rings. The van der Waals surface area contributed by atoms with Crippen LogP contribution in [0.5, 0.6) is 5.75 Å². The van der Waals surface area contributed by atoms with Crippen LogP contribution in [0.3, 0.4) is 0 Å². The predicted molar refractivity (Wildman–Crippen MR) is 162 cm³/mol. The summed E-state index contributed by atoms with van der Waals surface area (Å²) in [4.78, 5) is 41.1. The fraction of sp³-hybridized carbons (Fsp3) is 0.606. The fourth-order valence-corrected chi connectivity index (χ4v) is 8.54. The van der Waals surface area contributed by atoms with Gasteiger partial charge < -0.3 is 26.2 Å². The molecule has 0 spiro atoms. The summed E-state index contributed by atoms with van der Waals surface area (Å²) in [6.07, 6.45) is 2.27. The molecular weight excluding hydrogens is 572 g/mol. The van der Waals surface area contributed by atoms with E-state index in [1.54, 1.807) is 0 Å². The number of nitrogens with two attached hydrogens (primary N) is 1. The number of allylic oxidation sites excluding steroid dienone is 2. The van der Waals surface area contributed by atoms with Gasteiger partial charge in [-0.25, -0.2) is 0 Å². The molecule has 0 aliphatic heterocycles. The molecule has 0 aromatic heterocycles. The quantitative estimate of drug-likeness (QED) is 0.262. The average molecular weight is 615 g/mol. The number of ketones is 2. The zero-order valence-corrected chi connectivity index (χ0v) is 26.3. The molecule has 4 aliphatic carbocycles. The number of carbonyl (C=O) groups is 3. The highest BCUT2D eigenvalue weighted by molar-refractivity contribution is 6.33. The molecule has 6 atom stereocenters. The number of hydrogen-bond donors (Lipinski definition) is 5. The van der Waals surface area contributed by atoms with E-state index in [0.29, 0.717) is 45.9 Å². The van der Waals surface area contributed by atoms with Crippen molar-refractivity contribution in [1.29, 1.82) is 0 Å². The molecular formula is C33H43ClN2O7. The molecule has 1 amide bonds. The fourth-order valence-electron chi connectivity index (χ4n) is 8.25. The summed E-state index contributed by atoms with van der Waals surface area (Å²) in [5.74, 6) is -4.65. The third-order valence-corrected chi connectivity index (χ3v) is 11.8. The zero-order valence-electron chi connectivity index (χ0n) is 25.5. The molecule has 1 saturated carbocycles. The van der Waals surface area contributed by atoms with Crippen molar-refractivity contribution in [1.82, 2.24) is 4.90 Å². The van der Waals surface area contributed by atoms with E-state index in [1.165, 1.54) is 12.5 Å². The Morgan fingerprint density at radius 1 is 1.16 bits per heavy atom. The highest BCUT2D eigenvalue weighted by atomic mass is 35.5. The van der Waals surface area contributed by atoms with Crippen LogP contribution >= 0.6 is 11.6 Å². The first kappa shape index (κ1) is 31.5. The molecule has 10 heteroatoms. The van der Waals surface area contributed by atoms with E-state index in [1.807, 2.05) is 0 Å². The zero-order chi connectivity index (χ0) is 31.8. The van der Waals surface area contributed by atoms with Crippen LogP contribution in [-0.2, 0) is 22.6 Å². The summed E-state index contributed by atoms with van der Waals surface area (Å²) in [7, 11) is 0. The minimum absolute atomic E-state index is 0.0648. The van der Waals surface area contributed by atoms with Crippen molar-refractivity contribution in [2.75, 3.05) is 13.1 Å². The Morgan fingerprint density at radius 3 is 2.40 bits per heavy atom. The topological polar surface area (TPSA) is 161 Å². The van der Waals surface area contributed by atoms with Gasteiger partial charge in [0.05, 0.1) is 5.56 Å². The first-order valence-corrected chi connectivity index (χ1v) is 15.7. The highest BCUT2D eigenvalue weighted by Gasteiger charge is 2.59. The molecule has 1 aromatic carbocycles. The Balaban J connectivity index is 1.46. The first-order valence-electron chi connectivity index (χ1n) is 15.3. The lowest BCUT2D eigenvalue weighted by atomic mass is 9.51. The normalized spacial score (nSPS) is 30.5. The molecule has 0 heterocycles. The maximum atomic E-state index is 13.8. The van der Waals surface area contributed by atoms with Gasteiger partial charge in [-0.2, -0.15) is 0 Å².